The molecule has 3 aromatic rings. The molecule has 0 unspecified atom stereocenters. The third-order valence-electron chi connectivity index (χ3n) is 4.94. The Morgan fingerprint density at radius 3 is 2.32 bits per heavy atom. The van der Waals surface area contributed by atoms with Gasteiger partial charge in [0, 0.05) is 36.9 Å². The number of piperazine rings is 1. The average Bonchev–Trinajstić information content (AvgIpc) is 2.73. The molecule has 1 aromatic heterocycles. The molecule has 2 heterocycles. The molecule has 2 aromatic carbocycles. The maximum Gasteiger partial charge on any atom is 0.287 e. The lowest BCUT2D eigenvalue weighted by Crippen LogP contribution is -2.47. The first-order valence-corrected chi connectivity index (χ1v) is 9.92. The molecule has 5 nitrogen and oxygen atoms in total. The molecule has 1 fully saturated rings. The van der Waals surface area contributed by atoms with E-state index in [4.69, 9.17) is 23.2 Å². The monoisotopic (exact) mass is 414 g/mol. The predicted octanol–water partition coefficient (Wildman–Crippen LogP) is 3.93. The van der Waals surface area contributed by atoms with E-state index in [1.807, 2.05) is 48.5 Å². The lowest BCUT2D eigenvalue weighted by molar-refractivity contribution is 0.622. The van der Waals surface area contributed by atoms with Crippen molar-refractivity contribution in [2.75, 3.05) is 36.0 Å². The second-order valence-corrected chi connectivity index (χ2v) is 7.56. The Morgan fingerprint density at radius 1 is 0.893 bits per heavy atom. The first-order valence-electron chi connectivity index (χ1n) is 9.17. The highest BCUT2D eigenvalue weighted by Gasteiger charge is 2.21. The summed E-state index contributed by atoms with van der Waals surface area (Å²) >= 11 is 12.5. The number of benzene rings is 2. The van der Waals surface area contributed by atoms with Gasteiger partial charge in [-0.3, -0.25) is 4.79 Å². The van der Waals surface area contributed by atoms with E-state index in [-0.39, 0.29) is 10.6 Å². The predicted molar refractivity (Wildman–Crippen MR) is 115 cm³/mol. The van der Waals surface area contributed by atoms with E-state index in [1.54, 1.807) is 6.20 Å². The zero-order chi connectivity index (χ0) is 19.5. The molecule has 0 amide bonds. The largest absolute Gasteiger partial charge is 0.368 e. The Kier molecular flexibility index (Phi) is 5.55. The van der Waals surface area contributed by atoms with Crippen LogP contribution in [0, 0.1) is 0 Å². The number of aromatic nitrogens is 2. The van der Waals surface area contributed by atoms with Crippen molar-refractivity contribution in [1.82, 2.24) is 9.78 Å². The van der Waals surface area contributed by atoms with Gasteiger partial charge in [-0.1, -0.05) is 59.6 Å². The van der Waals surface area contributed by atoms with Gasteiger partial charge in [0.1, 0.15) is 5.02 Å². The van der Waals surface area contributed by atoms with Gasteiger partial charge < -0.3 is 9.80 Å². The molecule has 0 atom stereocenters. The van der Waals surface area contributed by atoms with Crippen molar-refractivity contribution in [1.29, 1.82) is 0 Å². The fourth-order valence-electron chi connectivity index (χ4n) is 3.42. The fraction of sp³-hybridized carbons (Fsp3) is 0.238. The molecule has 0 aliphatic carbocycles. The molecule has 0 bridgehead atoms. The van der Waals surface area contributed by atoms with Crippen molar-refractivity contribution < 1.29 is 0 Å². The van der Waals surface area contributed by atoms with Crippen LogP contribution in [0.25, 0.3) is 0 Å². The van der Waals surface area contributed by atoms with Gasteiger partial charge in [-0.05, 0) is 23.8 Å². The van der Waals surface area contributed by atoms with Crippen molar-refractivity contribution in [3.63, 3.8) is 0 Å². The van der Waals surface area contributed by atoms with Crippen molar-refractivity contribution >= 4 is 34.6 Å². The van der Waals surface area contributed by atoms with E-state index in [1.165, 1.54) is 4.68 Å². The first kappa shape index (κ1) is 18.8. The van der Waals surface area contributed by atoms with Crippen LogP contribution in [0.1, 0.15) is 5.56 Å². The van der Waals surface area contributed by atoms with E-state index in [0.29, 0.717) is 12.2 Å². The van der Waals surface area contributed by atoms with Gasteiger partial charge in [-0.15, -0.1) is 0 Å². The number of hydrogen-bond acceptors (Lipinski definition) is 4. The third kappa shape index (κ3) is 4.01. The van der Waals surface area contributed by atoms with Crippen molar-refractivity contribution in [2.24, 2.45) is 0 Å². The fourth-order valence-corrected chi connectivity index (χ4v) is 3.87. The molecule has 28 heavy (non-hydrogen) atoms. The zero-order valence-corrected chi connectivity index (χ0v) is 16.8. The highest BCUT2D eigenvalue weighted by molar-refractivity contribution is 6.33. The second kappa shape index (κ2) is 8.25. The summed E-state index contributed by atoms with van der Waals surface area (Å²) in [6.45, 7) is 3.57. The SMILES string of the molecule is O=c1c(Cl)c(N2CCN(c3cccc(Cl)c3)CC2)cnn1Cc1ccccc1. The lowest BCUT2D eigenvalue weighted by atomic mass is 10.2. The van der Waals surface area contributed by atoms with Gasteiger partial charge in [0.2, 0.25) is 0 Å². The summed E-state index contributed by atoms with van der Waals surface area (Å²) in [4.78, 5) is 17.1. The third-order valence-corrected chi connectivity index (χ3v) is 5.53. The number of rotatable bonds is 4. The topological polar surface area (TPSA) is 41.4 Å². The zero-order valence-electron chi connectivity index (χ0n) is 15.3. The molecule has 1 saturated heterocycles. The molecular weight excluding hydrogens is 395 g/mol. The maximum absolute atomic E-state index is 12.7. The van der Waals surface area contributed by atoms with E-state index >= 15 is 0 Å². The van der Waals surface area contributed by atoms with E-state index in [0.717, 1.165) is 42.5 Å². The summed E-state index contributed by atoms with van der Waals surface area (Å²) in [6.07, 6.45) is 1.70. The first-order chi connectivity index (χ1) is 13.6. The summed E-state index contributed by atoms with van der Waals surface area (Å²) in [7, 11) is 0. The van der Waals surface area contributed by atoms with Gasteiger partial charge in [0.05, 0.1) is 18.4 Å². The molecule has 0 N–H and O–H groups in total. The number of nitrogens with zero attached hydrogens (tertiary/aromatic N) is 4. The molecule has 0 radical (unpaired) electrons. The Balaban J connectivity index is 1.48. The van der Waals surface area contributed by atoms with Crippen LogP contribution in [0.2, 0.25) is 10.0 Å². The quantitative estimate of drug-likeness (QED) is 0.648. The highest BCUT2D eigenvalue weighted by Crippen LogP contribution is 2.25. The molecule has 1 aliphatic rings. The van der Waals surface area contributed by atoms with Gasteiger partial charge in [0.25, 0.3) is 5.56 Å². The Hall–Kier alpha value is -2.50. The van der Waals surface area contributed by atoms with E-state index in [9.17, 15) is 4.79 Å². The van der Waals surface area contributed by atoms with Gasteiger partial charge in [0.15, 0.2) is 0 Å². The van der Waals surface area contributed by atoms with Crippen LogP contribution < -0.4 is 15.4 Å². The lowest BCUT2D eigenvalue weighted by Gasteiger charge is -2.37. The normalized spacial score (nSPS) is 14.4. The Morgan fingerprint density at radius 2 is 1.61 bits per heavy atom. The molecule has 1 aliphatic heterocycles. The van der Waals surface area contributed by atoms with Crippen molar-refractivity contribution in [3.05, 3.63) is 86.8 Å². The van der Waals surface area contributed by atoms with Crippen LogP contribution in [0.15, 0.2) is 65.6 Å². The molecular formula is C21H20Cl2N4O. The van der Waals surface area contributed by atoms with Crippen LogP contribution in [0.4, 0.5) is 11.4 Å². The van der Waals surface area contributed by atoms with Gasteiger partial charge >= 0.3 is 0 Å². The smallest absolute Gasteiger partial charge is 0.287 e. The Labute approximate surface area is 173 Å². The minimum atomic E-state index is -0.264. The number of hydrogen-bond donors (Lipinski definition) is 0. The summed E-state index contributed by atoms with van der Waals surface area (Å²) in [5.74, 6) is 0. The summed E-state index contributed by atoms with van der Waals surface area (Å²) in [5.41, 5.74) is 2.55. The molecule has 0 spiro atoms. The van der Waals surface area contributed by atoms with E-state index < -0.39 is 0 Å². The van der Waals surface area contributed by atoms with Crippen molar-refractivity contribution in [2.45, 2.75) is 6.54 Å². The summed E-state index contributed by atoms with van der Waals surface area (Å²) in [6, 6.07) is 17.6. The Bertz CT molecular complexity index is 1010. The van der Waals surface area contributed by atoms with Crippen molar-refractivity contribution in [3.8, 4) is 0 Å². The molecule has 144 valence electrons. The summed E-state index contributed by atoms with van der Waals surface area (Å²) < 4.78 is 1.41. The highest BCUT2D eigenvalue weighted by atomic mass is 35.5. The van der Waals surface area contributed by atoms with Crippen LogP contribution in [-0.2, 0) is 6.54 Å². The average molecular weight is 415 g/mol. The summed E-state index contributed by atoms with van der Waals surface area (Å²) in [5, 5.41) is 5.30. The van der Waals surface area contributed by atoms with Crippen LogP contribution in [0.3, 0.4) is 0 Å². The number of halogens is 2. The van der Waals surface area contributed by atoms with Crippen LogP contribution in [0.5, 0.6) is 0 Å². The minimum Gasteiger partial charge on any atom is -0.368 e. The van der Waals surface area contributed by atoms with Gasteiger partial charge in [-0.25, -0.2) is 4.68 Å². The standard InChI is InChI=1S/C21H20Cl2N4O/c22-17-7-4-8-18(13-17)25-9-11-26(12-10-25)19-14-24-27(21(28)20(19)23)15-16-5-2-1-3-6-16/h1-8,13-14H,9-12,15H2. The molecule has 4 rings (SSSR count). The molecule has 7 heteroatoms. The molecule has 0 saturated carbocycles. The minimum absolute atomic E-state index is 0.224. The maximum atomic E-state index is 12.7. The number of anilines is 2. The van der Waals surface area contributed by atoms with E-state index in [2.05, 4.69) is 21.0 Å². The second-order valence-electron chi connectivity index (χ2n) is 6.75. The van der Waals surface area contributed by atoms with Gasteiger partial charge in [-0.2, -0.15) is 5.10 Å². The van der Waals surface area contributed by atoms with Crippen LogP contribution in [-0.4, -0.2) is 36.0 Å². The van der Waals surface area contributed by atoms with Crippen LogP contribution >= 0.6 is 23.2 Å².